The van der Waals surface area contributed by atoms with Gasteiger partial charge in [0, 0.05) is 19.0 Å². The van der Waals surface area contributed by atoms with E-state index < -0.39 is 24.1 Å². The Balaban J connectivity index is 2.45. The maximum Gasteiger partial charge on any atom is 0.326 e. The Labute approximate surface area is 113 Å². The molecule has 6 heteroatoms. The summed E-state index contributed by atoms with van der Waals surface area (Å²) in [6.07, 6.45) is 3.53. The lowest BCUT2D eigenvalue weighted by atomic mass is 10.1. The van der Waals surface area contributed by atoms with Crippen LogP contribution in [0.4, 0.5) is 4.79 Å². The first kappa shape index (κ1) is 15.8. The minimum absolute atomic E-state index is 0.0197. The van der Waals surface area contributed by atoms with Crippen LogP contribution in [0.25, 0.3) is 0 Å². The number of carboxylic acid groups (broad SMARTS) is 1. The van der Waals surface area contributed by atoms with Crippen LogP contribution in [0.15, 0.2) is 0 Å². The van der Waals surface area contributed by atoms with E-state index in [2.05, 4.69) is 12.2 Å². The molecule has 1 aliphatic rings. The molecule has 0 saturated carbocycles. The van der Waals surface area contributed by atoms with E-state index in [1.54, 1.807) is 0 Å². The molecule has 1 saturated heterocycles. The number of nitrogens with one attached hydrogen (secondary N) is 1. The first-order chi connectivity index (χ1) is 8.95. The number of nitrogens with zero attached hydrogens (tertiary/aromatic N) is 1. The maximum atomic E-state index is 12.0. The molecule has 0 aliphatic carbocycles. The van der Waals surface area contributed by atoms with Crippen molar-refractivity contribution in [2.45, 2.75) is 64.1 Å². The molecule has 3 atom stereocenters. The molecular formula is C13H24N2O4. The smallest absolute Gasteiger partial charge is 0.326 e. The van der Waals surface area contributed by atoms with Gasteiger partial charge in [0.05, 0.1) is 6.10 Å². The summed E-state index contributed by atoms with van der Waals surface area (Å²) in [7, 11) is 0. The zero-order chi connectivity index (χ0) is 14.4. The second kappa shape index (κ2) is 7.33. The van der Waals surface area contributed by atoms with Crippen LogP contribution in [0.3, 0.4) is 0 Å². The fourth-order valence-corrected chi connectivity index (χ4v) is 2.34. The normalized spacial score (nSPS) is 24.3. The quantitative estimate of drug-likeness (QED) is 0.633. The van der Waals surface area contributed by atoms with Gasteiger partial charge in [-0.15, -0.1) is 0 Å². The fourth-order valence-electron chi connectivity index (χ4n) is 2.34. The van der Waals surface area contributed by atoms with Crippen molar-refractivity contribution in [2.24, 2.45) is 0 Å². The zero-order valence-corrected chi connectivity index (χ0v) is 11.6. The first-order valence-corrected chi connectivity index (χ1v) is 6.93. The van der Waals surface area contributed by atoms with Crippen LogP contribution < -0.4 is 5.32 Å². The first-order valence-electron chi connectivity index (χ1n) is 6.93. The van der Waals surface area contributed by atoms with E-state index >= 15 is 0 Å². The highest BCUT2D eigenvalue weighted by atomic mass is 16.4. The average Bonchev–Trinajstić information content (AvgIpc) is 2.72. The van der Waals surface area contributed by atoms with E-state index in [9.17, 15) is 14.7 Å². The van der Waals surface area contributed by atoms with Crippen molar-refractivity contribution >= 4 is 12.0 Å². The Morgan fingerprint density at radius 3 is 2.68 bits per heavy atom. The summed E-state index contributed by atoms with van der Waals surface area (Å²) >= 11 is 0. The second-order valence-corrected chi connectivity index (χ2v) is 5.24. The highest BCUT2D eigenvalue weighted by Gasteiger charge is 2.39. The SMILES string of the molecule is CCCCCC(C)NC(=O)N1C[C@@H](O)C[C@H]1C(=O)O. The van der Waals surface area contributed by atoms with Crippen molar-refractivity contribution in [3.8, 4) is 0 Å². The van der Waals surface area contributed by atoms with Crippen molar-refractivity contribution in [2.75, 3.05) is 6.54 Å². The average molecular weight is 272 g/mol. The number of urea groups is 1. The Kier molecular flexibility index (Phi) is 6.08. The van der Waals surface area contributed by atoms with Gasteiger partial charge < -0.3 is 20.4 Å². The van der Waals surface area contributed by atoms with Crippen LogP contribution in [0.1, 0.15) is 46.0 Å². The van der Waals surface area contributed by atoms with Crippen LogP contribution in [0.5, 0.6) is 0 Å². The largest absolute Gasteiger partial charge is 0.480 e. The molecule has 0 aromatic rings. The van der Waals surface area contributed by atoms with Crippen LogP contribution in [0.2, 0.25) is 0 Å². The minimum Gasteiger partial charge on any atom is -0.480 e. The number of unbranched alkanes of at least 4 members (excludes halogenated alkanes) is 2. The molecule has 0 radical (unpaired) electrons. The van der Waals surface area contributed by atoms with E-state index in [1.165, 1.54) is 4.90 Å². The number of amides is 2. The highest BCUT2D eigenvalue weighted by Crippen LogP contribution is 2.18. The predicted molar refractivity (Wildman–Crippen MR) is 70.9 cm³/mol. The third-order valence-corrected chi connectivity index (χ3v) is 3.44. The van der Waals surface area contributed by atoms with Crippen LogP contribution >= 0.6 is 0 Å². The van der Waals surface area contributed by atoms with E-state index in [1.807, 2.05) is 6.92 Å². The van der Waals surface area contributed by atoms with Crippen molar-refractivity contribution in [3.05, 3.63) is 0 Å². The number of β-amino-alcohol motifs (C(OH)–C–C–N with tert-alkyl or cyclic N) is 1. The lowest BCUT2D eigenvalue weighted by Gasteiger charge is -2.24. The lowest BCUT2D eigenvalue weighted by Crippen LogP contribution is -2.48. The zero-order valence-electron chi connectivity index (χ0n) is 11.6. The van der Waals surface area contributed by atoms with Crippen LogP contribution in [0, 0.1) is 0 Å². The van der Waals surface area contributed by atoms with Gasteiger partial charge in [-0.3, -0.25) is 0 Å². The summed E-state index contributed by atoms with van der Waals surface area (Å²) in [5.41, 5.74) is 0. The molecule has 19 heavy (non-hydrogen) atoms. The number of carbonyl (C=O) groups excluding carboxylic acids is 1. The molecule has 0 bridgehead atoms. The minimum atomic E-state index is -1.06. The van der Waals surface area contributed by atoms with E-state index in [0.29, 0.717) is 0 Å². The summed E-state index contributed by atoms with van der Waals surface area (Å²) in [6, 6.07) is -1.29. The maximum absolute atomic E-state index is 12.0. The molecule has 1 aliphatic heterocycles. The summed E-state index contributed by atoms with van der Waals surface area (Å²) in [4.78, 5) is 24.2. The molecule has 3 N–H and O–H groups in total. The molecule has 2 amide bonds. The molecule has 0 aromatic carbocycles. The van der Waals surface area contributed by atoms with Crippen molar-refractivity contribution in [3.63, 3.8) is 0 Å². The highest BCUT2D eigenvalue weighted by molar-refractivity contribution is 5.83. The number of aliphatic hydroxyl groups is 1. The molecule has 6 nitrogen and oxygen atoms in total. The van der Waals surface area contributed by atoms with Gasteiger partial charge in [-0.1, -0.05) is 26.2 Å². The standard InChI is InChI=1S/C13H24N2O4/c1-3-4-5-6-9(2)14-13(19)15-8-10(16)7-11(15)12(17)18/h9-11,16H,3-8H2,1-2H3,(H,14,19)(H,17,18)/t9?,10-,11-/m0/s1. The summed E-state index contributed by atoms with van der Waals surface area (Å²) in [5, 5.41) is 21.3. The molecule has 0 spiro atoms. The monoisotopic (exact) mass is 272 g/mol. The van der Waals surface area contributed by atoms with Crippen molar-refractivity contribution < 1.29 is 19.8 Å². The number of aliphatic carboxylic acids is 1. The number of carboxylic acids is 1. The number of aliphatic hydroxyl groups excluding tert-OH is 1. The Hall–Kier alpha value is -1.30. The van der Waals surface area contributed by atoms with E-state index in [-0.39, 0.29) is 19.0 Å². The molecule has 1 unspecified atom stereocenters. The van der Waals surface area contributed by atoms with Gasteiger partial charge in [-0.2, -0.15) is 0 Å². The van der Waals surface area contributed by atoms with Gasteiger partial charge in [0.15, 0.2) is 0 Å². The van der Waals surface area contributed by atoms with E-state index in [0.717, 1.165) is 25.7 Å². The summed E-state index contributed by atoms with van der Waals surface area (Å²) in [6.45, 7) is 4.12. The summed E-state index contributed by atoms with van der Waals surface area (Å²) in [5.74, 6) is -1.06. The summed E-state index contributed by atoms with van der Waals surface area (Å²) < 4.78 is 0. The topological polar surface area (TPSA) is 89.9 Å². The lowest BCUT2D eigenvalue weighted by molar-refractivity contribution is -0.141. The Bertz CT molecular complexity index is 322. The Morgan fingerprint density at radius 1 is 1.42 bits per heavy atom. The van der Waals surface area contributed by atoms with Gasteiger partial charge in [0.2, 0.25) is 0 Å². The fraction of sp³-hybridized carbons (Fsp3) is 0.846. The van der Waals surface area contributed by atoms with Gasteiger partial charge in [0.1, 0.15) is 6.04 Å². The van der Waals surface area contributed by atoms with Crippen LogP contribution in [-0.2, 0) is 4.79 Å². The van der Waals surface area contributed by atoms with Gasteiger partial charge in [-0.05, 0) is 13.3 Å². The Morgan fingerprint density at radius 2 is 2.11 bits per heavy atom. The number of likely N-dealkylation sites (tertiary alicyclic amines) is 1. The van der Waals surface area contributed by atoms with Gasteiger partial charge in [-0.25, -0.2) is 9.59 Å². The third kappa shape index (κ3) is 4.70. The number of hydrogen-bond acceptors (Lipinski definition) is 3. The number of rotatable bonds is 6. The molecule has 1 heterocycles. The number of carbonyl (C=O) groups is 2. The second-order valence-electron chi connectivity index (χ2n) is 5.24. The number of hydrogen-bond donors (Lipinski definition) is 3. The molecule has 0 aromatic heterocycles. The van der Waals surface area contributed by atoms with Crippen molar-refractivity contribution in [1.29, 1.82) is 0 Å². The molecule has 1 rings (SSSR count). The molecular weight excluding hydrogens is 248 g/mol. The molecule has 1 fully saturated rings. The van der Waals surface area contributed by atoms with E-state index in [4.69, 9.17) is 5.11 Å². The van der Waals surface area contributed by atoms with Gasteiger partial charge in [0.25, 0.3) is 0 Å². The third-order valence-electron chi connectivity index (χ3n) is 3.44. The molecule has 110 valence electrons. The van der Waals surface area contributed by atoms with Crippen molar-refractivity contribution in [1.82, 2.24) is 10.2 Å². The van der Waals surface area contributed by atoms with Gasteiger partial charge >= 0.3 is 12.0 Å². The predicted octanol–water partition coefficient (Wildman–Crippen LogP) is 1.18. The van der Waals surface area contributed by atoms with Crippen LogP contribution in [-0.4, -0.2) is 51.8 Å².